The van der Waals surface area contributed by atoms with Gasteiger partial charge in [0.2, 0.25) is 0 Å². The molecule has 4 nitrogen and oxygen atoms in total. The molecule has 0 spiro atoms. The topological polar surface area (TPSA) is 49.4 Å². The zero-order chi connectivity index (χ0) is 18.2. The molecular formula is C20H23FN2O2. The van der Waals surface area contributed by atoms with Crippen molar-refractivity contribution < 1.29 is 14.0 Å². The van der Waals surface area contributed by atoms with Gasteiger partial charge >= 0.3 is 0 Å². The maximum atomic E-state index is 13.6. The summed E-state index contributed by atoms with van der Waals surface area (Å²) in [5.74, 6) is -1.10. The van der Waals surface area contributed by atoms with Gasteiger partial charge in [-0.3, -0.25) is 9.59 Å². The molecule has 1 N–H and O–H groups in total. The van der Waals surface area contributed by atoms with Crippen LogP contribution in [0.2, 0.25) is 0 Å². The van der Waals surface area contributed by atoms with Crippen LogP contribution in [0.5, 0.6) is 0 Å². The van der Waals surface area contributed by atoms with E-state index in [2.05, 4.69) is 5.32 Å². The Bertz CT molecular complexity index is 723. The lowest BCUT2D eigenvalue weighted by Gasteiger charge is -2.21. The summed E-state index contributed by atoms with van der Waals surface area (Å²) in [7, 11) is 0. The molecule has 2 amide bonds. The first kappa shape index (κ1) is 18.6. The number of nitrogens with zero attached hydrogens (tertiary/aromatic N) is 1. The van der Waals surface area contributed by atoms with Crippen molar-refractivity contribution in [1.29, 1.82) is 0 Å². The molecule has 0 saturated carbocycles. The minimum absolute atomic E-state index is 0.0141. The molecule has 0 aliphatic rings. The lowest BCUT2D eigenvalue weighted by molar-refractivity contribution is 0.0755. The van der Waals surface area contributed by atoms with E-state index in [9.17, 15) is 14.0 Å². The normalized spacial score (nSPS) is 10.4. The van der Waals surface area contributed by atoms with Gasteiger partial charge in [0.25, 0.3) is 11.8 Å². The Hall–Kier alpha value is -2.69. The highest BCUT2D eigenvalue weighted by Gasteiger charge is 2.15. The smallest absolute Gasteiger partial charge is 0.258 e. The van der Waals surface area contributed by atoms with Crippen LogP contribution >= 0.6 is 0 Å². The van der Waals surface area contributed by atoms with Crippen LogP contribution in [0.25, 0.3) is 0 Å². The van der Waals surface area contributed by atoms with Crippen LogP contribution in [0, 0.1) is 5.82 Å². The van der Waals surface area contributed by atoms with Crippen molar-refractivity contribution in [3.63, 3.8) is 0 Å². The van der Waals surface area contributed by atoms with E-state index in [0.29, 0.717) is 11.3 Å². The second kappa shape index (κ2) is 8.97. The van der Waals surface area contributed by atoms with Gasteiger partial charge in [-0.1, -0.05) is 26.0 Å². The van der Waals surface area contributed by atoms with E-state index in [4.69, 9.17) is 0 Å². The van der Waals surface area contributed by atoms with Gasteiger partial charge in [0.05, 0.1) is 5.56 Å². The number of rotatable bonds is 7. The first-order valence-electron chi connectivity index (χ1n) is 8.52. The van der Waals surface area contributed by atoms with Gasteiger partial charge in [0, 0.05) is 24.3 Å². The van der Waals surface area contributed by atoms with Crippen molar-refractivity contribution in [2.75, 3.05) is 18.4 Å². The number of halogens is 1. The number of benzene rings is 2. The molecule has 0 fully saturated rings. The van der Waals surface area contributed by atoms with E-state index in [1.54, 1.807) is 30.3 Å². The highest BCUT2D eigenvalue weighted by Crippen LogP contribution is 2.15. The SMILES string of the molecule is CCCN(CCC)C(=O)c1ccc(NC(=O)c2ccccc2F)cc1. The van der Waals surface area contributed by atoms with Crippen LogP contribution in [0.3, 0.4) is 0 Å². The van der Waals surface area contributed by atoms with Gasteiger partial charge in [-0.15, -0.1) is 0 Å². The van der Waals surface area contributed by atoms with Gasteiger partial charge in [-0.05, 0) is 49.2 Å². The fraction of sp³-hybridized carbons (Fsp3) is 0.300. The summed E-state index contributed by atoms with van der Waals surface area (Å²) in [6.07, 6.45) is 1.81. The highest BCUT2D eigenvalue weighted by molar-refractivity contribution is 6.04. The number of hydrogen-bond acceptors (Lipinski definition) is 2. The van der Waals surface area contributed by atoms with Gasteiger partial charge in [0.15, 0.2) is 0 Å². The molecule has 0 aliphatic carbocycles. The van der Waals surface area contributed by atoms with Crippen molar-refractivity contribution in [1.82, 2.24) is 4.90 Å². The van der Waals surface area contributed by atoms with Crippen LogP contribution in [-0.2, 0) is 0 Å². The molecule has 0 aromatic heterocycles. The Kier molecular flexibility index (Phi) is 6.69. The Morgan fingerprint density at radius 2 is 1.56 bits per heavy atom. The summed E-state index contributed by atoms with van der Waals surface area (Å²) in [6.45, 7) is 5.52. The molecule has 0 bridgehead atoms. The second-order valence-corrected chi connectivity index (χ2v) is 5.80. The molecule has 0 unspecified atom stereocenters. The Labute approximate surface area is 147 Å². The van der Waals surface area contributed by atoms with Crippen LogP contribution in [0.15, 0.2) is 48.5 Å². The van der Waals surface area contributed by atoms with Crippen molar-refractivity contribution in [2.24, 2.45) is 0 Å². The van der Waals surface area contributed by atoms with Crippen LogP contribution in [-0.4, -0.2) is 29.8 Å². The van der Waals surface area contributed by atoms with E-state index >= 15 is 0 Å². The molecule has 0 radical (unpaired) electrons. The average molecular weight is 342 g/mol. The maximum Gasteiger partial charge on any atom is 0.258 e. The molecule has 0 saturated heterocycles. The fourth-order valence-electron chi connectivity index (χ4n) is 2.58. The number of carbonyl (C=O) groups is 2. The van der Waals surface area contributed by atoms with Gasteiger partial charge in [-0.2, -0.15) is 0 Å². The van der Waals surface area contributed by atoms with E-state index in [0.717, 1.165) is 25.9 Å². The summed E-state index contributed by atoms with van der Waals surface area (Å²) in [6, 6.07) is 12.5. The van der Waals surface area contributed by atoms with Gasteiger partial charge in [0.1, 0.15) is 5.82 Å². The lowest BCUT2D eigenvalue weighted by atomic mass is 10.1. The van der Waals surface area contributed by atoms with E-state index in [-0.39, 0.29) is 11.5 Å². The van der Waals surface area contributed by atoms with Crippen molar-refractivity contribution in [3.8, 4) is 0 Å². The highest BCUT2D eigenvalue weighted by atomic mass is 19.1. The molecule has 5 heteroatoms. The van der Waals surface area contributed by atoms with Crippen molar-refractivity contribution in [2.45, 2.75) is 26.7 Å². The molecule has 2 aromatic carbocycles. The van der Waals surface area contributed by atoms with Crippen molar-refractivity contribution >= 4 is 17.5 Å². The van der Waals surface area contributed by atoms with Crippen LogP contribution in [0.4, 0.5) is 10.1 Å². The molecule has 132 valence electrons. The lowest BCUT2D eigenvalue weighted by Crippen LogP contribution is -2.32. The second-order valence-electron chi connectivity index (χ2n) is 5.80. The van der Waals surface area contributed by atoms with Gasteiger partial charge < -0.3 is 10.2 Å². The third-order valence-corrected chi connectivity index (χ3v) is 3.78. The maximum absolute atomic E-state index is 13.6. The van der Waals surface area contributed by atoms with E-state index in [1.165, 1.54) is 18.2 Å². The summed E-state index contributed by atoms with van der Waals surface area (Å²) in [4.78, 5) is 26.4. The zero-order valence-corrected chi connectivity index (χ0v) is 14.6. The minimum atomic E-state index is -0.568. The summed E-state index contributed by atoms with van der Waals surface area (Å²) in [5, 5.41) is 2.64. The van der Waals surface area contributed by atoms with E-state index < -0.39 is 11.7 Å². The predicted molar refractivity (Wildman–Crippen MR) is 97.3 cm³/mol. The molecule has 2 rings (SSSR count). The molecule has 2 aromatic rings. The summed E-state index contributed by atoms with van der Waals surface area (Å²) >= 11 is 0. The number of amides is 2. The Balaban J connectivity index is 2.08. The number of carbonyl (C=O) groups excluding carboxylic acids is 2. The standard InChI is InChI=1S/C20H23FN2O2/c1-3-13-23(14-4-2)20(25)15-9-11-16(12-10-15)22-19(24)17-7-5-6-8-18(17)21/h5-12H,3-4,13-14H2,1-2H3,(H,22,24). The van der Waals surface area contributed by atoms with E-state index in [1.807, 2.05) is 18.7 Å². The monoisotopic (exact) mass is 342 g/mol. The summed E-state index contributed by atoms with van der Waals surface area (Å²) in [5.41, 5.74) is 1.08. The quantitative estimate of drug-likeness (QED) is 0.814. The average Bonchev–Trinajstić information content (AvgIpc) is 2.62. The number of nitrogens with one attached hydrogen (secondary N) is 1. The predicted octanol–water partition coefficient (Wildman–Crippen LogP) is 4.34. The summed E-state index contributed by atoms with van der Waals surface area (Å²) < 4.78 is 13.6. The van der Waals surface area contributed by atoms with Crippen LogP contribution in [0.1, 0.15) is 47.4 Å². The molecule has 0 atom stereocenters. The third kappa shape index (κ3) is 4.89. The molecule has 0 aliphatic heterocycles. The minimum Gasteiger partial charge on any atom is -0.339 e. The molecule has 25 heavy (non-hydrogen) atoms. The number of anilines is 1. The van der Waals surface area contributed by atoms with Gasteiger partial charge in [-0.25, -0.2) is 4.39 Å². The van der Waals surface area contributed by atoms with Crippen LogP contribution < -0.4 is 5.32 Å². The molecular weight excluding hydrogens is 319 g/mol. The first-order valence-corrected chi connectivity index (χ1v) is 8.52. The largest absolute Gasteiger partial charge is 0.339 e. The Morgan fingerprint density at radius 3 is 2.12 bits per heavy atom. The van der Waals surface area contributed by atoms with Crippen molar-refractivity contribution in [3.05, 3.63) is 65.5 Å². The fourth-order valence-corrected chi connectivity index (χ4v) is 2.58. The Morgan fingerprint density at radius 1 is 0.960 bits per heavy atom. The first-order chi connectivity index (χ1) is 12.1. The number of hydrogen-bond donors (Lipinski definition) is 1. The molecule has 0 heterocycles. The zero-order valence-electron chi connectivity index (χ0n) is 14.6. The third-order valence-electron chi connectivity index (χ3n) is 3.78.